The molecule has 1 atom stereocenters. The van der Waals surface area contributed by atoms with Gasteiger partial charge in [-0.15, -0.1) is 0 Å². The van der Waals surface area contributed by atoms with Crippen LogP contribution in [0.4, 0.5) is 0 Å². The molecule has 0 saturated heterocycles. The Morgan fingerprint density at radius 1 is 0.857 bits per heavy atom. The first-order chi connectivity index (χ1) is 13.2. The molecule has 0 aliphatic rings. The van der Waals surface area contributed by atoms with Gasteiger partial charge in [0, 0.05) is 6.61 Å². The summed E-state index contributed by atoms with van der Waals surface area (Å²) >= 11 is 0. The fraction of sp³-hybridized carbons (Fsp3) is 0.870. The summed E-state index contributed by atoms with van der Waals surface area (Å²) in [6.07, 6.45) is 24.7. The number of ether oxygens (including phenoxy) is 1. The molecule has 1 unspecified atom stereocenters. The van der Waals surface area contributed by atoms with Crippen LogP contribution in [-0.2, 0) is 18.3 Å². The lowest BCUT2D eigenvalue weighted by Gasteiger charge is -2.09. The fourth-order valence-electron chi connectivity index (χ4n) is 3.52. The number of hydrogen-bond donors (Lipinski definition) is 1. The van der Waals surface area contributed by atoms with Gasteiger partial charge in [0.1, 0.15) is 25.0 Å². The highest BCUT2D eigenvalue weighted by molar-refractivity contribution is 4.68. The molecule has 1 rings (SSSR count). The molecule has 0 radical (unpaired) electrons. The Balaban J connectivity index is 0.00000729. The molecule has 0 spiro atoms. The van der Waals surface area contributed by atoms with E-state index in [1.165, 1.54) is 83.5 Å². The summed E-state index contributed by atoms with van der Waals surface area (Å²) in [5, 5.41) is 9.97. The molecule has 0 aliphatic carbocycles. The van der Waals surface area contributed by atoms with E-state index in [2.05, 4.69) is 6.92 Å². The van der Waals surface area contributed by atoms with Gasteiger partial charge in [0.15, 0.2) is 0 Å². The van der Waals surface area contributed by atoms with E-state index in [9.17, 15) is 5.11 Å². The van der Waals surface area contributed by atoms with Gasteiger partial charge in [-0.2, -0.15) is 0 Å². The number of aliphatic hydroxyl groups is 1. The first kappa shape index (κ1) is 27.4. The fourth-order valence-corrected chi connectivity index (χ4v) is 3.52. The van der Waals surface area contributed by atoms with Gasteiger partial charge in [-0.05, 0) is 6.42 Å². The molecule has 4 nitrogen and oxygen atoms in total. The van der Waals surface area contributed by atoms with Gasteiger partial charge in [0.25, 0.3) is 0 Å². The summed E-state index contributed by atoms with van der Waals surface area (Å²) in [6.45, 7) is 4.08. The van der Waals surface area contributed by atoms with Crippen molar-refractivity contribution in [2.24, 2.45) is 7.05 Å². The van der Waals surface area contributed by atoms with Crippen molar-refractivity contribution in [2.75, 3.05) is 13.2 Å². The van der Waals surface area contributed by atoms with Gasteiger partial charge >= 0.3 is 0 Å². The van der Waals surface area contributed by atoms with Gasteiger partial charge < -0.3 is 22.3 Å². The summed E-state index contributed by atoms with van der Waals surface area (Å²) < 4.78 is 9.57. The Morgan fingerprint density at radius 3 is 1.82 bits per heavy atom. The predicted molar refractivity (Wildman–Crippen MR) is 113 cm³/mol. The van der Waals surface area contributed by atoms with Crippen LogP contribution in [0, 0.1) is 0 Å². The topological polar surface area (TPSA) is 38.3 Å². The van der Waals surface area contributed by atoms with E-state index in [-0.39, 0.29) is 12.4 Å². The Labute approximate surface area is 180 Å². The quantitative estimate of drug-likeness (QED) is 0.277. The van der Waals surface area contributed by atoms with Crippen molar-refractivity contribution >= 4 is 0 Å². The third-order valence-electron chi connectivity index (χ3n) is 5.20. The van der Waals surface area contributed by atoms with E-state index in [1.807, 2.05) is 34.9 Å². The third kappa shape index (κ3) is 16.4. The van der Waals surface area contributed by atoms with Gasteiger partial charge in [-0.1, -0.05) is 90.4 Å². The van der Waals surface area contributed by atoms with Crippen LogP contribution in [-0.4, -0.2) is 29.0 Å². The number of aryl methyl sites for hydroxylation is 1. The summed E-state index contributed by atoms with van der Waals surface area (Å²) in [4.78, 5) is 0. The third-order valence-corrected chi connectivity index (χ3v) is 5.20. The lowest BCUT2D eigenvalue weighted by molar-refractivity contribution is -0.671. The zero-order valence-corrected chi connectivity index (χ0v) is 19.2. The number of aliphatic hydroxyl groups excluding tert-OH is 1. The highest BCUT2D eigenvalue weighted by atomic mass is 35.5. The highest BCUT2D eigenvalue weighted by Gasteiger charge is 2.09. The van der Waals surface area contributed by atoms with Crippen molar-refractivity contribution in [3.8, 4) is 0 Å². The minimum absolute atomic E-state index is 0. The highest BCUT2D eigenvalue weighted by Crippen LogP contribution is 2.12. The summed E-state index contributed by atoms with van der Waals surface area (Å²) in [6, 6.07) is 0. The maximum absolute atomic E-state index is 9.97. The molecule has 1 N–H and O–H groups in total. The molecule has 0 fully saturated rings. The Morgan fingerprint density at radius 2 is 1.36 bits per heavy atom. The smallest absolute Gasteiger partial charge is 0.243 e. The molecule has 28 heavy (non-hydrogen) atoms. The molecular weight excluding hydrogens is 372 g/mol. The molecule has 166 valence electrons. The summed E-state index contributed by atoms with van der Waals surface area (Å²) in [5.41, 5.74) is 0. The van der Waals surface area contributed by atoms with Crippen LogP contribution < -0.4 is 17.0 Å². The van der Waals surface area contributed by atoms with Crippen LogP contribution in [0.1, 0.15) is 96.8 Å². The Hall–Kier alpha value is -0.580. The lowest BCUT2D eigenvalue weighted by Crippen LogP contribution is -3.00. The monoisotopic (exact) mass is 416 g/mol. The molecule has 1 aromatic heterocycles. The second kappa shape index (κ2) is 19.7. The molecule has 0 bridgehead atoms. The van der Waals surface area contributed by atoms with E-state index >= 15 is 0 Å². The minimum Gasteiger partial charge on any atom is -1.00 e. The number of halogens is 1. The van der Waals surface area contributed by atoms with E-state index in [0.717, 1.165) is 13.0 Å². The molecule has 0 aromatic carbocycles. The number of rotatable bonds is 19. The number of imidazole rings is 1. The molecule has 5 heteroatoms. The van der Waals surface area contributed by atoms with Crippen LogP contribution in [0.2, 0.25) is 0 Å². The maximum Gasteiger partial charge on any atom is 0.243 e. The molecule has 0 amide bonds. The second-order valence-electron chi connectivity index (χ2n) is 8.10. The molecular formula is C23H45ClN2O2. The average molecular weight is 417 g/mol. The molecule has 0 saturated carbocycles. The number of hydrogen-bond acceptors (Lipinski definition) is 2. The molecule has 1 heterocycles. The number of aromatic nitrogens is 2. The minimum atomic E-state index is -0.427. The number of nitrogens with zero attached hydrogens (tertiary/aromatic N) is 2. The van der Waals surface area contributed by atoms with E-state index in [1.54, 1.807) is 0 Å². The zero-order chi connectivity index (χ0) is 19.6. The van der Waals surface area contributed by atoms with Crippen molar-refractivity contribution in [3.63, 3.8) is 0 Å². The van der Waals surface area contributed by atoms with Crippen LogP contribution in [0.5, 0.6) is 0 Å². The maximum atomic E-state index is 9.97. The largest absolute Gasteiger partial charge is 1.00 e. The number of unbranched alkanes of at least 4 members (excludes halogenated alkanes) is 13. The van der Waals surface area contributed by atoms with Crippen molar-refractivity contribution in [3.05, 3.63) is 18.7 Å². The average Bonchev–Trinajstić information content (AvgIpc) is 3.06. The van der Waals surface area contributed by atoms with E-state index in [0.29, 0.717) is 13.2 Å². The predicted octanol–water partition coefficient (Wildman–Crippen LogP) is 2.18. The van der Waals surface area contributed by atoms with Crippen LogP contribution in [0.15, 0.2) is 18.7 Å². The summed E-state index contributed by atoms with van der Waals surface area (Å²) in [7, 11) is 1.98. The van der Waals surface area contributed by atoms with Gasteiger partial charge in [-0.25, -0.2) is 9.13 Å². The zero-order valence-electron chi connectivity index (χ0n) is 18.5. The van der Waals surface area contributed by atoms with Gasteiger partial charge in [0.2, 0.25) is 6.33 Å². The van der Waals surface area contributed by atoms with Crippen molar-refractivity contribution in [1.29, 1.82) is 0 Å². The first-order valence-electron chi connectivity index (χ1n) is 11.5. The van der Waals surface area contributed by atoms with Crippen LogP contribution in [0.3, 0.4) is 0 Å². The van der Waals surface area contributed by atoms with Crippen LogP contribution in [0.25, 0.3) is 0 Å². The molecule has 0 aliphatic heterocycles. The first-order valence-corrected chi connectivity index (χ1v) is 11.5. The van der Waals surface area contributed by atoms with E-state index < -0.39 is 6.10 Å². The normalized spacial score (nSPS) is 12.1. The van der Waals surface area contributed by atoms with Crippen molar-refractivity contribution < 1.29 is 26.8 Å². The van der Waals surface area contributed by atoms with E-state index in [4.69, 9.17) is 4.74 Å². The van der Waals surface area contributed by atoms with Crippen LogP contribution >= 0.6 is 0 Å². The Kier molecular flexibility index (Phi) is 19.3. The Bertz CT molecular complexity index is 440. The van der Waals surface area contributed by atoms with Gasteiger partial charge in [0.05, 0.1) is 13.7 Å². The molecule has 1 aromatic rings. The van der Waals surface area contributed by atoms with Crippen molar-refractivity contribution in [1.82, 2.24) is 4.57 Å². The summed E-state index contributed by atoms with van der Waals surface area (Å²) in [5.74, 6) is 0. The van der Waals surface area contributed by atoms with Crippen molar-refractivity contribution in [2.45, 2.75) is 109 Å². The SMILES string of the molecule is CCCCCCCCCCCCCCCCOCC(O)Cn1cc[n+](C)c1.[Cl-]. The lowest BCUT2D eigenvalue weighted by atomic mass is 10.0. The second-order valence-corrected chi connectivity index (χ2v) is 8.10. The standard InChI is InChI=1S/C23H45N2O2.ClH/c1-3-4-5-6-7-8-9-10-11-12-13-14-15-16-19-27-21-23(26)20-25-18-17-24(2)22-25;/h17-18,22-23,26H,3-16,19-21H2,1-2H3;1H/q+1;/p-1. The van der Waals surface area contributed by atoms with Gasteiger partial charge in [-0.3, -0.25) is 0 Å².